The normalized spacial score (nSPS) is 24.3. The third-order valence-corrected chi connectivity index (χ3v) is 4.42. The first-order valence-corrected chi connectivity index (χ1v) is 8.06. The number of halogens is 1. The molecule has 0 aliphatic carbocycles. The Bertz CT molecular complexity index is 495. The lowest BCUT2D eigenvalue weighted by Gasteiger charge is -2.21. The molecule has 5 heteroatoms. The van der Waals surface area contributed by atoms with E-state index in [-0.39, 0.29) is 0 Å². The first kappa shape index (κ1) is 14.9. The molecule has 2 heterocycles. The maximum absolute atomic E-state index is 6.25. The molecule has 1 fully saturated rings. The minimum atomic E-state index is 0.404. The van der Waals surface area contributed by atoms with Crippen molar-refractivity contribution in [2.24, 2.45) is 5.92 Å². The van der Waals surface area contributed by atoms with Crippen LogP contribution in [0.5, 0.6) is 11.5 Å². The van der Waals surface area contributed by atoms with Crippen LogP contribution in [0.2, 0.25) is 5.02 Å². The Morgan fingerprint density at radius 2 is 2.10 bits per heavy atom. The van der Waals surface area contributed by atoms with E-state index in [0.717, 1.165) is 43.9 Å². The third-order valence-electron chi connectivity index (χ3n) is 4.14. The minimum Gasteiger partial charge on any atom is -0.486 e. The van der Waals surface area contributed by atoms with Crippen molar-refractivity contribution in [3.05, 3.63) is 22.7 Å². The van der Waals surface area contributed by atoms with Gasteiger partial charge < -0.3 is 19.5 Å². The van der Waals surface area contributed by atoms with Gasteiger partial charge in [0.15, 0.2) is 11.5 Å². The Morgan fingerprint density at radius 1 is 1.24 bits per heavy atom. The maximum Gasteiger partial charge on any atom is 0.179 e. The molecule has 2 aliphatic heterocycles. The molecule has 0 spiro atoms. The van der Waals surface area contributed by atoms with Gasteiger partial charge >= 0.3 is 0 Å². The van der Waals surface area contributed by atoms with Gasteiger partial charge in [-0.25, -0.2) is 0 Å². The molecule has 2 unspecified atom stereocenters. The fourth-order valence-corrected chi connectivity index (χ4v) is 3.33. The van der Waals surface area contributed by atoms with Crippen molar-refractivity contribution >= 4 is 11.6 Å². The Labute approximate surface area is 130 Å². The van der Waals surface area contributed by atoms with Gasteiger partial charge in [0.2, 0.25) is 0 Å². The quantitative estimate of drug-likeness (QED) is 0.907. The molecule has 1 saturated heterocycles. The number of hydrogen-bond donors (Lipinski definition) is 1. The number of fused-ring (bicyclic) bond motifs is 1. The molecule has 0 aromatic heterocycles. The highest BCUT2D eigenvalue weighted by Gasteiger charge is 2.26. The Hall–Kier alpha value is -0.970. The fraction of sp³-hybridized carbons (Fsp3) is 0.625. The molecule has 21 heavy (non-hydrogen) atoms. The van der Waals surface area contributed by atoms with Gasteiger partial charge in [0.1, 0.15) is 13.2 Å². The van der Waals surface area contributed by atoms with Gasteiger partial charge in [0, 0.05) is 19.7 Å². The standard InChI is InChI=1S/C16H22ClNO3/c1-2-14-12(3-4-19-14)10-18-9-11-7-13(17)16-15(8-11)20-5-6-21-16/h7-8,12,14,18H,2-6,9-10H2,1H3. The molecule has 116 valence electrons. The van der Waals surface area contributed by atoms with Gasteiger partial charge in [0.05, 0.1) is 11.1 Å². The number of benzene rings is 1. The van der Waals surface area contributed by atoms with E-state index in [0.29, 0.717) is 36.0 Å². The number of rotatable bonds is 5. The summed E-state index contributed by atoms with van der Waals surface area (Å²) in [5.74, 6) is 2.03. The second-order valence-electron chi connectivity index (χ2n) is 5.60. The van der Waals surface area contributed by atoms with Gasteiger partial charge in [0.25, 0.3) is 0 Å². The van der Waals surface area contributed by atoms with Crippen LogP contribution in [0.4, 0.5) is 0 Å². The summed E-state index contributed by atoms with van der Waals surface area (Å²) in [6, 6.07) is 3.96. The Kier molecular flexibility index (Phi) is 4.88. The van der Waals surface area contributed by atoms with E-state index in [1.165, 1.54) is 0 Å². The van der Waals surface area contributed by atoms with E-state index in [9.17, 15) is 0 Å². The molecule has 3 rings (SSSR count). The lowest BCUT2D eigenvalue weighted by Crippen LogP contribution is -2.28. The van der Waals surface area contributed by atoms with Gasteiger partial charge in [-0.15, -0.1) is 0 Å². The zero-order chi connectivity index (χ0) is 14.7. The van der Waals surface area contributed by atoms with Gasteiger partial charge in [-0.3, -0.25) is 0 Å². The van der Waals surface area contributed by atoms with Crippen LogP contribution >= 0.6 is 11.6 Å². The summed E-state index contributed by atoms with van der Waals surface area (Å²) >= 11 is 6.25. The third kappa shape index (κ3) is 3.44. The summed E-state index contributed by atoms with van der Waals surface area (Å²) in [4.78, 5) is 0. The molecular formula is C16H22ClNO3. The van der Waals surface area contributed by atoms with Crippen molar-refractivity contribution in [3.63, 3.8) is 0 Å². The van der Waals surface area contributed by atoms with Crippen molar-refractivity contribution in [3.8, 4) is 11.5 Å². The topological polar surface area (TPSA) is 39.7 Å². The van der Waals surface area contributed by atoms with Crippen LogP contribution in [0.1, 0.15) is 25.3 Å². The Balaban J connectivity index is 1.57. The number of hydrogen-bond acceptors (Lipinski definition) is 4. The van der Waals surface area contributed by atoms with Crippen LogP contribution in [0, 0.1) is 5.92 Å². The van der Waals surface area contributed by atoms with Crippen LogP contribution < -0.4 is 14.8 Å². The molecule has 2 aliphatic rings. The largest absolute Gasteiger partial charge is 0.486 e. The highest BCUT2D eigenvalue weighted by molar-refractivity contribution is 6.32. The maximum atomic E-state index is 6.25. The number of ether oxygens (including phenoxy) is 3. The molecule has 1 aromatic carbocycles. The summed E-state index contributed by atoms with van der Waals surface area (Å²) < 4.78 is 16.8. The van der Waals surface area contributed by atoms with Gasteiger partial charge in [-0.05, 0) is 36.5 Å². The summed E-state index contributed by atoms with van der Waals surface area (Å²) in [5.41, 5.74) is 1.12. The van der Waals surface area contributed by atoms with Crippen molar-refractivity contribution in [1.82, 2.24) is 5.32 Å². The van der Waals surface area contributed by atoms with Crippen LogP contribution in [0.15, 0.2) is 12.1 Å². The summed E-state index contributed by atoms with van der Waals surface area (Å²) in [5, 5.41) is 4.13. The lowest BCUT2D eigenvalue weighted by atomic mass is 9.99. The predicted octanol–water partition coefficient (Wildman–Crippen LogP) is 3.02. The summed E-state index contributed by atoms with van der Waals surface area (Å²) in [6.45, 7) is 5.97. The SMILES string of the molecule is CCC1OCCC1CNCc1cc(Cl)c2c(c1)OCCO2. The van der Waals surface area contributed by atoms with Crippen molar-refractivity contribution in [2.75, 3.05) is 26.4 Å². The van der Waals surface area contributed by atoms with Crippen molar-refractivity contribution in [1.29, 1.82) is 0 Å². The van der Waals surface area contributed by atoms with E-state index in [1.807, 2.05) is 12.1 Å². The molecular weight excluding hydrogens is 290 g/mol. The van der Waals surface area contributed by atoms with Crippen LogP contribution in [-0.4, -0.2) is 32.5 Å². The highest BCUT2D eigenvalue weighted by Crippen LogP contribution is 2.38. The highest BCUT2D eigenvalue weighted by atomic mass is 35.5. The van der Waals surface area contributed by atoms with E-state index >= 15 is 0 Å². The van der Waals surface area contributed by atoms with Crippen LogP contribution in [-0.2, 0) is 11.3 Å². The lowest BCUT2D eigenvalue weighted by molar-refractivity contribution is 0.0872. The first-order chi connectivity index (χ1) is 10.3. The van der Waals surface area contributed by atoms with E-state index in [1.54, 1.807) is 0 Å². The second-order valence-corrected chi connectivity index (χ2v) is 6.01. The molecule has 0 radical (unpaired) electrons. The van der Waals surface area contributed by atoms with Crippen LogP contribution in [0.3, 0.4) is 0 Å². The molecule has 0 amide bonds. The summed E-state index contributed by atoms with van der Waals surface area (Å²) in [7, 11) is 0. The van der Waals surface area contributed by atoms with E-state index < -0.39 is 0 Å². The smallest absolute Gasteiger partial charge is 0.179 e. The average molecular weight is 312 g/mol. The molecule has 1 N–H and O–H groups in total. The Morgan fingerprint density at radius 3 is 2.95 bits per heavy atom. The monoisotopic (exact) mass is 311 g/mol. The van der Waals surface area contributed by atoms with Crippen molar-refractivity contribution < 1.29 is 14.2 Å². The van der Waals surface area contributed by atoms with Gasteiger partial charge in [-0.2, -0.15) is 0 Å². The zero-order valence-electron chi connectivity index (χ0n) is 12.4. The molecule has 1 aromatic rings. The summed E-state index contributed by atoms with van der Waals surface area (Å²) in [6.07, 6.45) is 2.64. The molecule has 0 saturated carbocycles. The second kappa shape index (κ2) is 6.86. The predicted molar refractivity (Wildman–Crippen MR) is 82.3 cm³/mol. The molecule has 0 bridgehead atoms. The number of nitrogens with one attached hydrogen (secondary N) is 1. The van der Waals surface area contributed by atoms with E-state index in [2.05, 4.69) is 12.2 Å². The zero-order valence-corrected chi connectivity index (χ0v) is 13.1. The fourth-order valence-electron chi connectivity index (χ4n) is 3.05. The van der Waals surface area contributed by atoms with Crippen molar-refractivity contribution in [2.45, 2.75) is 32.4 Å². The van der Waals surface area contributed by atoms with E-state index in [4.69, 9.17) is 25.8 Å². The van der Waals surface area contributed by atoms with Gasteiger partial charge in [-0.1, -0.05) is 18.5 Å². The average Bonchev–Trinajstić information content (AvgIpc) is 2.95. The minimum absolute atomic E-state index is 0.404. The molecule has 4 nitrogen and oxygen atoms in total. The van der Waals surface area contributed by atoms with Crippen LogP contribution in [0.25, 0.3) is 0 Å². The first-order valence-electron chi connectivity index (χ1n) is 7.68. The molecule has 2 atom stereocenters.